The number of aliphatic hydroxyl groups is 1. The number of ether oxygens (including phenoxy) is 3. The van der Waals surface area contributed by atoms with Crippen LogP contribution in [0.4, 0.5) is 0 Å². The molecule has 0 unspecified atom stereocenters. The Bertz CT molecular complexity index is 763. The molecule has 6 heteroatoms. The first-order valence-electron chi connectivity index (χ1n) is 11.0. The van der Waals surface area contributed by atoms with Gasteiger partial charge in [-0.1, -0.05) is 37.6 Å². The van der Waals surface area contributed by atoms with Crippen molar-refractivity contribution in [2.24, 2.45) is 0 Å². The van der Waals surface area contributed by atoms with Crippen molar-refractivity contribution in [3.8, 4) is 17.2 Å². The summed E-state index contributed by atoms with van der Waals surface area (Å²) in [5, 5.41) is 10.3. The first-order valence-corrected chi connectivity index (χ1v) is 11.0. The van der Waals surface area contributed by atoms with Gasteiger partial charge >= 0.3 is 0 Å². The van der Waals surface area contributed by atoms with E-state index in [9.17, 15) is 5.11 Å². The molecule has 0 aliphatic rings. The minimum absolute atomic E-state index is 0.233. The SMILES string of the molecule is CCN(CC)C[C@@H](O)COc1cc(CN(C)CCOc2ccc(C)cc2)ccc1OC. The van der Waals surface area contributed by atoms with Crippen LogP contribution in [0.1, 0.15) is 25.0 Å². The molecule has 0 heterocycles. The van der Waals surface area contributed by atoms with Crippen molar-refractivity contribution in [3.05, 3.63) is 53.6 Å². The molecule has 0 saturated carbocycles. The maximum atomic E-state index is 10.3. The Morgan fingerprint density at radius 3 is 2.32 bits per heavy atom. The third-order valence-electron chi connectivity index (χ3n) is 5.24. The summed E-state index contributed by atoms with van der Waals surface area (Å²) >= 11 is 0. The lowest BCUT2D eigenvalue weighted by Gasteiger charge is -2.22. The topological polar surface area (TPSA) is 54.4 Å². The lowest BCUT2D eigenvalue weighted by molar-refractivity contribution is 0.0705. The lowest BCUT2D eigenvalue weighted by atomic mass is 10.2. The van der Waals surface area contributed by atoms with E-state index >= 15 is 0 Å². The highest BCUT2D eigenvalue weighted by atomic mass is 16.5. The van der Waals surface area contributed by atoms with E-state index in [4.69, 9.17) is 14.2 Å². The maximum Gasteiger partial charge on any atom is 0.161 e. The van der Waals surface area contributed by atoms with E-state index in [-0.39, 0.29) is 6.61 Å². The molecule has 31 heavy (non-hydrogen) atoms. The highest BCUT2D eigenvalue weighted by Gasteiger charge is 2.13. The summed E-state index contributed by atoms with van der Waals surface area (Å²) in [6.07, 6.45) is -0.546. The quantitative estimate of drug-likeness (QED) is 0.494. The van der Waals surface area contributed by atoms with Crippen molar-refractivity contribution in [3.63, 3.8) is 0 Å². The van der Waals surface area contributed by atoms with Gasteiger partial charge in [-0.3, -0.25) is 4.90 Å². The zero-order valence-electron chi connectivity index (χ0n) is 19.6. The zero-order valence-corrected chi connectivity index (χ0v) is 19.6. The van der Waals surface area contributed by atoms with Crippen LogP contribution in [0.2, 0.25) is 0 Å². The third-order valence-corrected chi connectivity index (χ3v) is 5.24. The van der Waals surface area contributed by atoms with E-state index in [1.54, 1.807) is 7.11 Å². The van der Waals surface area contributed by atoms with Crippen molar-refractivity contribution in [1.82, 2.24) is 9.80 Å². The van der Waals surface area contributed by atoms with Gasteiger partial charge in [-0.05, 0) is 56.9 Å². The molecule has 172 valence electrons. The minimum atomic E-state index is -0.546. The highest BCUT2D eigenvalue weighted by molar-refractivity contribution is 5.43. The summed E-state index contributed by atoms with van der Waals surface area (Å²) in [7, 11) is 3.69. The maximum absolute atomic E-state index is 10.3. The number of nitrogens with zero attached hydrogens (tertiary/aromatic N) is 2. The average molecular weight is 431 g/mol. The molecule has 2 rings (SSSR count). The van der Waals surface area contributed by atoms with Crippen molar-refractivity contribution in [2.75, 3.05) is 53.6 Å². The number of hydrogen-bond acceptors (Lipinski definition) is 6. The molecule has 2 aromatic rings. The van der Waals surface area contributed by atoms with E-state index in [1.165, 1.54) is 5.56 Å². The van der Waals surface area contributed by atoms with Gasteiger partial charge < -0.3 is 24.2 Å². The molecule has 0 amide bonds. The average Bonchev–Trinajstić information content (AvgIpc) is 2.77. The van der Waals surface area contributed by atoms with Crippen LogP contribution < -0.4 is 14.2 Å². The number of aliphatic hydroxyl groups excluding tert-OH is 1. The number of rotatable bonds is 14. The van der Waals surface area contributed by atoms with Gasteiger partial charge in [0.05, 0.1) is 7.11 Å². The predicted octanol–water partition coefficient (Wildman–Crippen LogP) is 3.60. The molecule has 0 saturated heterocycles. The van der Waals surface area contributed by atoms with Gasteiger partial charge in [0.15, 0.2) is 11.5 Å². The molecule has 2 aromatic carbocycles. The summed E-state index contributed by atoms with van der Waals surface area (Å²) in [6, 6.07) is 14.0. The highest BCUT2D eigenvalue weighted by Crippen LogP contribution is 2.28. The van der Waals surface area contributed by atoms with Gasteiger partial charge in [-0.2, -0.15) is 0 Å². The Hall–Kier alpha value is -2.28. The molecular weight excluding hydrogens is 392 g/mol. The van der Waals surface area contributed by atoms with Crippen molar-refractivity contribution >= 4 is 0 Å². The molecular formula is C25H38N2O4. The van der Waals surface area contributed by atoms with Crippen LogP contribution in [0.15, 0.2) is 42.5 Å². The van der Waals surface area contributed by atoms with Gasteiger partial charge in [0, 0.05) is 19.6 Å². The third kappa shape index (κ3) is 8.77. The first-order chi connectivity index (χ1) is 14.9. The number of hydrogen-bond donors (Lipinski definition) is 1. The largest absolute Gasteiger partial charge is 0.493 e. The van der Waals surface area contributed by atoms with Crippen LogP contribution in [0, 0.1) is 6.92 Å². The van der Waals surface area contributed by atoms with Crippen LogP contribution in [0.3, 0.4) is 0 Å². The van der Waals surface area contributed by atoms with Gasteiger partial charge in [0.1, 0.15) is 25.1 Å². The number of methoxy groups -OCH3 is 1. The number of aryl methyl sites for hydroxylation is 1. The van der Waals surface area contributed by atoms with E-state index in [2.05, 4.69) is 49.8 Å². The molecule has 0 spiro atoms. The Labute approximate surface area is 187 Å². The fraction of sp³-hybridized carbons (Fsp3) is 0.520. The van der Waals surface area contributed by atoms with Crippen LogP contribution in [-0.4, -0.2) is 74.6 Å². The van der Waals surface area contributed by atoms with Gasteiger partial charge in [0.25, 0.3) is 0 Å². The summed E-state index contributed by atoms with van der Waals surface area (Å²) in [4.78, 5) is 4.38. The van der Waals surface area contributed by atoms with E-state index < -0.39 is 6.10 Å². The molecule has 0 bridgehead atoms. The fourth-order valence-electron chi connectivity index (χ4n) is 3.30. The Balaban J connectivity index is 1.86. The molecule has 0 fully saturated rings. The molecule has 0 radical (unpaired) electrons. The summed E-state index contributed by atoms with van der Waals surface area (Å²) in [5.74, 6) is 2.22. The number of benzene rings is 2. The standard InChI is InChI=1S/C25H38N2O4/c1-6-27(7-2)18-22(28)19-31-25-16-21(10-13-24(25)29-5)17-26(4)14-15-30-23-11-8-20(3)9-12-23/h8-13,16,22,28H,6-7,14-15,17-19H2,1-5H3/t22-/m1/s1. The first kappa shape index (κ1) is 25.0. The second-order valence-corrected chi connectivity index (χ2v) is 7.84. The molecule has 0 aromatic heterocycles. The molecule has 6 nitrogen and oxygen atoms in total. The predicted molar refractivity (Wildman–Crippen MR) is 125 cm³/mol. The van der Waals surface area contributed by atoms with Gasteiger partial charge in [-0.15, -0.1) is 0 Å². The van der Waals surface area contributed by atoms with Crippen molar-refractivity contribution in [2.45, 2.75) is 33.4 Å². The number of likely N-dealkylation sites (N-methyl/N-ethyl adjacent to an activating group) is 2. The van der Waals surface area contributed by atoms with Crippen LogP contribution in [0.25, 0.3) is 0 Å². The minimum Gasteiger partial charge on any atom is -0.493 e. The Morgan fingerprint density at radius 1 is 0.968 bits per heavy atom. The summed E-state index contributed by atoms with van der Waals surface area (Å²) < 4.78 is 17.2. The molecule has 1 N–H and O–H groups in total. The van der Waals surface area contributed by atoms with Crippen LogP contribution >= 0.6 is 0 Å². The Kier molecular flexibility index (Phi) is 10.6. The lowest BCUT2D eigenvalue weighted by Crippen LogP contribution is -2.35. The van der Waals surface area contributed by atoms with E-state index in [1.807, 2.05) is 30.3 Å². The summed E-state index contributed by atoms with van der Waals surface area (Å²) in [5.41, 5.74) is 2.34. The van der Waals surface area contributed by atoms with Crippen LogP contribution in [-0.2, 0) is 6.54 Å². The monoisotopic (exact) mass is 430 g/mol. The van der Waals surface area contributed by atoms with Crippen molar-refractivity contribution in [1.29, 1.82) is 0 Å². The molecule has 1 atom stereocenters. The smallest absolute Gasteiger partial charge is 0.161 e. The van der Waals surface area contributed by atoms with Gasteiger partial charge in [0.2, 0.25) is 0 Å². The van der Waals surface area contributed by atoms with Gasteiger partial charge in [-0.25, -0.2) is 0 Å². The van der Waals surface area contributed by atoms with Crippen molar-refractivity contribution < 1.29 is 19.3 Å². The summed E-state index contributed by atoms with van der Waals surface area (Å²) in [6.45, 7) is 11.1. The fourth-order valence-corrected chi connectivity index (χ4v) is 3.30. The van der Waals surface area contributed by atoms with E-state index in [0.717, 1.165) is 37.5 Å². The van der Waals surface area contributed by atoms with Crippen LogP contribution in [0.5, 0.6) is 17.2 Å². The molecule has 0 aliphatic carbocycles. The second kappa shape index (κ2) is 13.2. The second-order valence-electron chi connectivity index (χ2n) is 7.84. The zero-order chi connectivity index (χ0) is 22.6. The van der Waals surface area contributed by atoms with E-state index in [0.29, 0.717) is 24.7 Å². The molecule has 0 aliphatic heterocycles. The Morgan fingerprint density at radius 2 is 1.68 bits per heavy atom. The normalized spacial score (nSPS) is 12.3.